The SMILES string of the molecule is CCCC(COC)NC1CCCCC1C(C)(C)C. The Morgan fingerprint density at radius 3 is 2.44 bits per heavy atom. The van der Waals surface area contributed by atoms with Crippen LogP contribution in [0.15, 0.2) is 0 Å². The molecule has 1 aliphatic rings. The second-order valence-electron chi connectivity index (χ2n) is 6.97. The molecule has 1 aliphatic carbocycles. The molecule has 2 heteroatoms. The molecule has 0 radical (unpaired) electrons. The van der Waals surface area contributed by atoms with Gasteiger partial charge in [-0.3, -0.25) is 0 Å². The summed E-state index contributed by atoms with van der Waals surface area (Å²) in [6, 6.07) is 1.22. The van der Waals surface area contributed by atoms with E-state index >= 15 is 0 Å². The lowest BCUT2D eigenvalue weighted by Crippen LogP contribution is -2.49. The van der Waals surface area contributed by atoms with Crippen LogP contribution in [-0.2, 0) is 4.74 Å². The van der Waals surface area contributed by atoms with Crippen LogP contribution < -0.4 is 5.32 Å². The summed E-state index contributed by atoms with van der Waals surface area (Å²) in [7, 11) is 1.81. The molecule has 0 saturated heterocycles. The predicted octanol–water partition coefficient (Wildman–Crippen LogP) is 4.00. The highest BCUT2D eigenvalue weighted by atomic mass is 16.5. The standard InChI is InChI=1S/C16H33NO/c1-6-9-13(12-18-5)17-15-11-8-7-10-14(15)16(2,3)4/h13-15,17H,6-12H2,1-5H3. The van der Waals surface area contributed by atoms with Crippen molar-refractivity contribution in [3.05, 3.63) is 0 Å². The number of hydrogen-bond acceptors (Lipinski definition) is 2. The lowest BCUT2D eigenvalue weighted by atomic mass is 9.69. The molecule has 1 fully saturated rings. The Hall–Kier alpha value is -0.0800. The van der Waals surface area contributed by atoms with Crippen LogP contribution in [0.5, 0.6) is 0 Å². The van der Waals surface area contributed by atoms with E-state index in [1.807, 2.05) is 7.11 Å². The Bertz CT molecular complexity index is 216. The van der Waals surface area contributed by atoms with E-state index in [1.54, 1.807) is 0 Å². The molecule has 0 heterocycles. The monoisotopic (exact) mass is 255 g/mol. The molecule has 108 valence electrons. The van der Waals surface area contributed by atoms with E-state index in [4.69, 9.17) is 4.74 Å². The fraction of sp³-hybridized carbons (Fsp3) is 1.00. The summed E-state index contributed by atoms with van der Waals surface area (Å²) in [5, 5.41) is 3.89. The first-order valence-electron chi connectivity index (χ1n) is 7.74. The van der Waals surface area contributed by atoms with Crippen LogP contribution in [0.25, 0.3) is 0 Å². The summed E-state index contributed by atoms with van der Waals surface area (Å²) in [5.74, 6) is 0.808. The molecule has 0 bridgehead atoms. The molecule has 1 rings (SSSR count). The van der Waals surface area contributed by atoms with Gasteiger partial charge in [-0.2, -0.15) is 0 Å². The summed E-state index contributed by atoms with van der Waals surface area (Å²) < 4.78 is 5.36. The fourth-order valence-electron chi connectivity index (χ4n) is 3.43. The number of hydrogen-bond donors (Lipinski definition) is 1. The molecule has 3 unspecified atom stereocenters. The van der Waals surface area contributed by atoms with Gasteiger partial charge in [0, 0.05) is 19.2 Å². The minimum absolute atomic E-state index is 0.419. The van der Waals surface area contributed by atoms with E-state index in [2.05, 4.69) is 33.0 Å². The molecule has 0 spiro atoms. The topological polar surface area (TPSA) is 21.3 Å². The Morgan fingerprint density at radius 2 is 1.89 bits per heavy atom. The van der Waals surface area contributed by atoms with Gasteiger partial charge >= 0.3 is 0 Å². The van der Waals surface area contributed by atoms with Crippen molar-refractivity contribution in [1.29, 1.82) is 0 Å². The van der Waals surface area contributed by atoms with Crippen LogP contribution in [0.2, 0.25) is 0 Å². The highest BCUT2D eigenvalue weighted by Crippen LogP contribution is 2.38. The summed E-state index contributed by atoms with van der Waals surface area (Å²) in [6.07, 6.45) is 7.97. The van der Waals surface area contributed by atoms with Gasteiger partial charge in [-0.1, -0.05) is 47.0 Å². The second kappa shape index (κ2) is 7.49. The Kier molecular flexibility index (Phi) is 6.65. The average molecular weight is 255 g/mol. The largest absolute Gasteiger partial charge is 0.383 e. The lowest BCUT2D eigenvalue weighted by Gasteiger charge is -2.42. The van der Waals surface area contributed by atoms with Gasteiger partial charge in [-0.15, -0.1) is 0 Å². The zero-order chi connectivity index (χ0) is 13.6. The summed E-state index contributed by atoms with van der Waals surface area (Å²) in [5.41, 5.74) is 0.419. The van der Waals surface area contributed by atoms with Crippen molar-refractivity contribution in [2.75, 3.05) is 13.7 Å². The van der Waals surface area contributed by atoms with Crippen molar-refractivity contribution in [1.82, 2.24) is 5.32 Å². The van der Waals surface area contributed by atoms with E-state index in [0.29, 0.717) is 17.5 Å². The molecule has 2 nitrogen and oxygen atoms in total. The van der Waals surface area contributed by atoms with E-state index < -0.39 is 0 Å². The van der Waals surface area contributed by atoms with Crippen molar-refractivity contribution in [3.63, 3.8) is 0 Å². The predicted molar refractivity (Wildman–Crippen MR) is 78.9 cm³/mol. The third-order valence-corrected chi connectivity index (χ3v) is 4.33. The minimum atomic E-state index is 0.419. The highest BCUT2D eigenvalue weighted by Gasteiger charge is 2.34. The first kappa shape index (κ1) is 16.0. The second-order valence-corrected chi connectivity index (χ2v) is 6.97. The van der Waals surface area contributed by atoms with Gasteiger partial charge in [0.05, 0.1) is 6.61 Å². The quantitative estimate of drug-likeness (QED) is 0.774. The summed E-state index contributed by atoms with van der Waals surface area (Å²) in [6.45, 7) is 10.3. The number of nitrogens with one attached hydrogen (secondary N) is 1. The number of methoxy groups -OCH3 is 1. The summed E-state index contributed by atoms with van der Waals surface area (Å²) in [4.78, 5) is 0. The maximum absolute atomic E-state index is 5.36. The Labute approximate surface area is 114 Å². The third-order valence-electron chi connectivity index (χ3n) is 4.33. The zero-order valence-electron chi connectivity index (χ0n) is 13.1. The molecule has 0 aliphatic heterocycles. The molecule has 18 heavy (non-hydrogen) atoms. The molecule has 0 aromatic heterocycles. The first-order valence-corrected chi connectivity index (χ1v) is 7.74. The van der Waals surface area contributed by atoms with Crippen molar-refractivity contribution < 1.29 is 4.74 Å². The molecule has 0 amide bonds. The van der Waals surface area contributed by atoms with E-state index in [-0.39, 0.29) is 0 Å². The minimum Gasteiger partial charge on any atom is -0.383 e. The Balaban J connectivity index is 2.59. The van der Waals surface area contributed by atoms with Crippen LogP contribution in [0.3, 0.4) is 0 Å². The van der Waals surface area contributed by atoms with Crippen molar-refractivity contribution in [2.24, 2.45) is 11.3 Å². The van der Waals surface area contributed by atoms with Gasteiger partial charge in [0.15, 0.2) is 0 Å². The van der Waals surface area contributed by atoms with Crippen LogP contribution >= 0.6 is 0 Å². The van der Waals surface area contributed by atoms with Crippen molar-refractivity contribution in [2.45, 2.75) is 78.3 Å². The smallest absolute Gasteiger partial charge is 0.0615 e. The van der Waals surface area contributed by atoms with Crippen LogP contribution in [0.4, 0.5) is 0 Å². The number of rotatable bonds is 6. The van der Waals surface area contributed by atoms with Crippen LogP contribution in [0.1, 0.15) is 66.2 Å². The summed E-state index contributed by atoms with van der Waals surface area (Å²) >= 11 is 0. The van der Waals surface area contributed by atoms with Gasteiger partial charge < -0.3 is 10.1 Å². The van der Waals surface area contributed by atoms with Gasteiger partial charge in [0.25, 0.3) is 0 Å². The molecule has 3 atom stereocenters. The average Bonchev–Trinajstić information content (AvgIpc) is 2.29. The van der Waals surface area contributed by atoms with E-state index in [9.17, 15) is 0 Å². The fourth-order valence-corrected chi connectivity index (χ4v) is 3.43. The molecule has 0 aromatic carbocycles. The van der Waals surface area contributed by atoms with Crippen LogP contribution in [-0.4, -0.2) is 25.8 Å². The molecular formula is C16H33NO. The van der Waals surface area contributed by atoms with Gasteiger partial charge in [0.2, 0.25) is 0 Å². The normalized spacial score (nSPS) is 27.2. The van der Waals surface area contributed by atoms with E-state index in [0.717, 1.165) is 12.5 Å². The molecule has 0 aromatic rings. The molecule has 1 N–H and O–H groups in total. The van der Waals surface area contributed by atoms with Gasteiger partial charge in [-0.05, 0) is 30.6 Å². The lowest BCUT2D eigenvalue weighted by molar-refractivity contribution is 0.0980. The molecular weight excluding hydrogens is 222 g/mol. The van der Waals surface area contributed by atoms with Crippen LogP contribution in [0, 0.1) is 11.3 Å². The zero-order valence-corrected chi connectivity index (χ0v) is 13.1. The van der Waals surface area contributed by atoms with Crippen molar-refractivity contribution in [3.8, 4) is 0 Å². The molecule has 1 saturated carbocycles. The Morgan fingerprint density at radius 1 is 1.22 bits per heavy atom. The maximum atomic E-state index is 5.36. The van der Waals surface area contributed by atoms with Gasteiger partial charge in [0.1, 0.15) is 0 Å². The maximum Gasteiger partial charge on any atom is 0.0615 e. The van der Waals surface area contributed by atoms with Gasteiger partial charge in [-0.25, -0.2) is 0 Å². The van der Waals surface area contributed by atoms with Crippen molar-refractivity contribution >= 4 is 0 Å². The third kappa shape index (κ3) is 4.89. The highest BCUT2D eigenvalue weighted by molar-refractivity contribution is 4.89. The van der Waals surface area contributed by atoms with E-state index in [1.165, 1.54) is 38.5 Å². The number of ether oxygens (including phenoxy) is 1. The first-order chi connectivity index (χ1) is 8.49.